The maximum atomic E-state index is 14.7. The second kappa shape index (κ2) is 12.6. The topological polar surface area (TPSA) is 119 Å². The van der Waals surface area contributed by atoms with Gasteiger partial charge in [0, 0.05) is 12.1 Å². The number of carbonyl (C=O) groups excluding carboxylic acids is 3. The second-order valence-corrected chi connectivity index (χ2v) is 10.2. The van der Waals surface area contributed by atoms with Gasteiger partial charge in [0.15, 0.2) is 0 Å². The van der Waals surface area contributed by atoms with Gasteiger partial charge in [-0.25, -0.2) is 9.45 Å². The Morgan fingerprint density at radius 2 is 1.58 bits per heavy atom. The Bertz CT molecular complexity index is 1040. The van der Waals surface area contributed by atoms with E-state index in [2.05, 4.69) is 10.6 Å². The Balaban J connectivity index is 2.29. The van der Waals surface area contributed by atoms with Gasteiger partial charge in [0.1, 0.15) is 18.0 Å². The van der Waals surface area contributed by atoms with E-state index in [1.807, 2.05) is 13.8 Å². The zero-order valence-corrected chi connectivity index (χ0v) is 21.4. The minimum atomic E-state index is -1.85. The summed E-state index contributed by atoms with van der Waals surface area (Å²) in [5.74, 6) is -2.85. The zero-order chi connectivity index (χ0) is 27.0. The van der Waals surface area contributed by atoms with Crippen molar-refractivity contribution in [3.63, 3.8) is 0 Å². The molecular formula is C27H36FN3O5. The third-order valence-electron chi connectivity index (χ3n) is 5.55. The van der Waals surface area contributed by atoms with Crippen LogP contribution in [-0.4, -0.2) is 51.8 Å². The van der Waals surface area contributed by atoms with Crippen molar-refractivity contribution >= 4 is 17.7 Å². The Hall–Kier alpha value is -3.30. The summed E-state index contributed by atoms with van der Waals surface area (Å²) < 4.78 is 14.7. The maximum Gasteiger partial charge on any atom is 0.276 e. The highest BCUT2D eigenvalue weighted by Crippen LogP contribution is 2.28. The first-order valence-corrected chi connectivity index (χ1v) is 11.9. The Kier molecular flexibility index (Phi) is 10.1. The van der Waals surface area contributed by atoms with Crippen LogP contribution in [0.3, 0.4) is 0 Å². The van der Waals surface area contributed by atoms with Gasteiger partial charge in [-0.1, -0.05) is 83.1 Å². The number of aliphatic hydroxyl groups is 1. The van der Waals surface area contributed by atoms with Gasteiger partial charge >= 0.3 is 0 Å². The summed E-state index contributed by atoms with van der Waals surface area (Å²) in [6.07, 6.45) is -2.42. The molecule has 0 bridgehead atoms. The fourth-order valence-electron chi connectivity index (χ4n) is 3.72. The number of halogens is 1. The SMILES string of the molecule is CC(C)CNC(=O)C[C@H](O)C(=O)N(O)[C@H](C(=O)NC(c1ccccc1)c1ccccc1F)C(C)(C)C. The van der Waals surface area contributed by atoms with Crippen molar-refractivity contribution in [2.75, 3.05) is 6.54 Å². The lowest BCUT2D eigenvalue weighted by Crippen LogP contribution is -2.57. The van der Waals surface area contributed by atoms with Crippen LogP contribution in [0.2, 0.25) is 0 Å². The standard InChI is InChI=1S/C27H36FN3O5/c1-17(2)16-29-22(33)15-21(32)26(35)31(36)24(27(3,4)5)25(34)30-23(18-11-7-6-8-12-18)19-13-9-10-14-20(19)28/h6-14,17,21,23-24,32,36H,15-16H2,1-5H3,(H,29,33)(H,30,34)/t21-,23?,24+/m0/s1. The molecule has 0 saturated heterocycles. The molecule has 0 spiro atoms. The van der Waals surface area contributed by atoms with Gasteiger partial charge in [-0.2, -0.15) is 0 Å². The number of carbonyl (C=O) groups is 3. The van der Waals surface area contributed by atoms with Gasteiger partial charge < -0.3 is 15.7 Å². The van der Waals surface area contributed by atoms with Crippen LogP contribution in [0.1, 0.15) is 58.2 Å². The van der Waals surface area contributed by atoms with Gasteiger partial charge in [0.25, 0.3) is 5.91 Å². The summed E-state index contributed by atoms with van der Waals surface area (Å²) >= 11 is 0. The number of aliphatic hydroxyl groups excluding tert-OH is 1. The van der Waals surface area contributed by atoms with Crippen molar-refractivity contribution in [3.05, 3.63) is 71.5 Å². The fraction of sp³-hybridized carbons (Fsp3) is 0.444. The molecule has 0 aliphatic carbocycles. The van der Waals surface area contributed by atoms with Crippen molar-refractivity contribution in [2.24, 2.45) is 11.3 Å². The highest BCUT2D eigenvalue weighted by molar-refractivity contribution is 5.91. The highest BCUT2D eigenvalue weighted by Gasteiger charge is 2.42. The zero-order valence-electron chi connectivity index (χ0n) is 21.4. The molecule has 3 atom stereocenters. The summed E-state index contributed by atoms with van der Waals surface area (Å²) in [6.45, 7) is 9.07. The Morgan fingerprint density at radius 3 is 2.14 bits per heavy atom. The van der Waals surface area contributed by atoms with Crippen LogP contribution in [0.25, 0.3) is 0 Å². The number of nitrogens with zero attached hydrogens (tertiary/aromatic N) is 1. The van der Waals surface area contributed by atoms with Crippen LogP contribution in [0.5, 0.6) is 0 Å². The molecule has 9 heteroatoms. The lowest BCUT2D eigenvalue weighted by molar-refractivity contribution is -0.197. The van der Waals surface area contributed by atoms with E-state index in [4.69, 9.17) is 0 Å². The van der Waals surface area contributed by atoms with Gasteiger partial charge in [0.2, 0.25) is 11.8 Å². The number of hydrogen-bond acceptors (Lipinski definition) is 5. The largest absolute Gasteiger partial charge is 0.383 e. The van der Waals surface area contributed by atoms with E-state index in [1.54, 1.807) is 63.2 Å². The van der Waals surface area contributed by atoms with Crippen LogP contribution in [0.4, 0.5) is 4.39 Å². The van der Waals surface area contributed by atoms with Gasteiger partial charge in [-0.3, -0.25) is 19.6 Å². The normalized spacial score (nSPS) is 14.0. The Labute approximate surface area is 211 Å². The van der Waals surface area contributed by atoms with E-state index in [-0.39, 0.29) is 16.5 Å². The van der Waals surface area contributed by atoms with Crippen molar-refractivity contribution in [1.29, 1.82) is 0 Å². The molecule has 0 heterocycles. The number of benzene rings is 2. The van der Waals surface area contributed by atoms with E-state index in [0.29, 0.717) is 12.1 Å². The first-order valence-electron chi connectivity index (χ1n) is 11.9. The van der Waals surface area contributed by atoms with Crippen molar-refractivity contribution < 1.29 is 29.1 Å². The molecule has 196 valence electrons. The molecule has 0 radical (unpaired) electrons. The van der Waals surface area contributed by atoms with Crippen molar-refractivity contribution in [1.82, 2.24) is 15.7 Å². The minimum Gasteiger partial charge on any atom is -0.383 e. The monoisotopic (exact) mass is 501 g/mol. The van der Waals surface area contributed by atoms with Gasteiger partial charge in [0.05, 0.1) is 12.5 Å². The van der Waals surface area contributed by atoms with E-state index in [9.17, 15) is 29.1 Å². The second-order valence-electron chi connectivity index (χ2n) is 10.2. The van der Waals surface area contributed by atoms with Crippen LogP contribution < -0.4 is 10.6 Å². The third-order valence-corrected chi connectivity index (χ3v) is 5.55. The average molecular weight is 502 g/mol. The average Bonchev–Trinajstić information content (AvgIpc) is 2.81. The summed E-state index contributed by atoms with van der Waals surface area (Å²) in [7, 11) is 0. The first kappa shape index (κ1) is 28.9. The molecular weight excluding hydrogens is 465 g/mol. The number of rotatable bonds is 10. The molecule has 3 amide bonds. The number of amides is 3. The van der Waals surface area contributed by atoms with Crippen LogP contribution in [0, 0.1) is 17.2 Å². The molecule has 1 unspecified atom stereocenters. The van der Waals surface area contributed by atoms with Crippen LogP contribution >= 0.6 is 0 Å². The smallest absolute Gasteiger partial charge is 0.276 e. The highest BCUT2D eigenvalue weighted by atomic mass is 19.1. The van der Waals surface area contributed by atoms with Crippen molar-refractivity contribution in [3.8, 4) is 0 Å². The van der Waals surface area contributed by atoms with Gasteiger partial charge in [-0.15, -0.1) is 0 Å². The fourth-order valence-corrected chi connectivity index (χ4v) is 3.72. The number of nitrogens with one attached hydrogen (secondary N) is 2. The lowest BCUT2D eigenvalue weighted by atomic mass is 9.85. The summed E-state index contributed by atoms with van der Waals surface area (Å²) in [6, 6.07) is 12.4. The van der Waals surface area contributed by atoms with E-state index < -0.39 is 53.6 Å². The molecule has 2 aromatic rings. The van der Waals surface area contributed by atoms with Crippen molar-refractivity contribution in [2.45, 2.75) is 59.2 Å². The third kappa shape index (κ3) is 7.86. The first-order chi connectivity index (χ1) is 16.8. The molecule has 0 aliphatic rings. The molecule has 0 saturated carbocycles. The quantitative estimate of drug-likeness (QED) is 0.295. The lowest BCUT2D eigenvalue weighted by Gasteiger charge is -2.36. The molecule has 8 nitrogen and oxygen atoms in total. The minimum absolute atomic E-state index is 0.166. The Morgan fingerprint density at radius 1 is 1.00 bits per heavy atom. The molecule has 4 N–H and O–H groups in total. The molecule has 2 aromatic carbocycles. The molecule has 0 aromatic heterocycles. The summed E-state index contributed by atoms with van der Waals surface area (Å²) in [5.41, 5.74) is -0.173. The predicted octanol–water partition coefficient (Wildman–Crippen LogP) is 3.19. The molecule has 2 rings (SSSR count). The summed E-state index contributed by atoms with van der Waals surface area (Å²) in [4.78, 5) is 38.3. The molecule has 36 heavy (non-hydrogen) atoms. The van der Waals surface area contributed by atoms with E-state index >= 15 is 0 Å². The van der Waals surface area contributed by atoms with Gasteiger partial charge in [-0.05, 0) is 23.0 Å². The predicted molar refractivity (Wildman–Crippen MR) is 133 cm³/mol. The van der Waals surface area contributed by atoms with E-state index in [1.165, 1.54) is 12.1 Å². The van der Waals surface area contributed by atoms with Crippen LogP contribution in [-0.2, 0) is 14.4 Å². The van der Waals surface area contributed by atoms with Crippen LogP contribution in [0.15, 0.2) is 54.6 Å². The summed E-state index contributed by atoms with van der Waals surface area (Å²) in [5, 5.41) is 26.6. The molecule has 0 fully saturated rings. The maximum absolute atomic E-state index is 14.7. The molecule has 0 aliphatic heterocycles. The van der Waals surface area contributed by atoms with E-state index in [0.717, 1.165) is 0 Å². The number of hydrogen-bond donors (Lipinski definition) is 4. The number of hydroxylamine groups is 2.